The van der Waals surface area contributed by atoms with Crippen LogP contribution in [-0.4, -0.2) is 12.0 Å². The minimum absolute atomic E-state index is 0.217. The summed E-state index contributed by atoms with van der Waals surface area (Å²) in [6.07, 6.45) is 6.05. The van der Waals surface area contributed by atoms with E-state index in [2.05, 4.69) is 17.2 Å². The van der Waals surface area contributed by atoms with Gasteiger partial charge in [-0.3, -0.25) is 0 Å². The zero-order chi connectivity index (χ0) is 10.4. The van der Waals surface area contributed by atoms with Crippen LogP contribution in [0.5, 0.6) is 0 Å². The predicted molar refractivity (Wildman–Crippen MR) is 57.5 cm³/mol. The number of nitrogens with one attached hydrogen (secondary N) is 1. The minimum atomic E-state index is 0.217. The molecule has 0 aromatic carbocycles. The largest absolute Gasteiger partial charge is 0.444 e. The molecule has 3 atom stereocenters. The van der Waals surface area contributed by atoms with Crippen molar-refractivity contribution >= 4 is 0 Å². The molecule has 3 unspecified atom stereocenters. The first kappa shape index (κ1) is 9.40. The Morgan fingerprint density at radius 2 is 2.13 bits per heavy atom. The van der Waals surface area contributed by atoms with E-state index in [0.29, 0.717) is 5.92 Å². The molecule has 3 rings (SSSR count). The van der Waals surface area contributed by atoms with Gasteiger partial charge in [0.05, 0.1) is 12.2 Å². The molecule has 2 fully saturated rings. The lowest BCUT2D eigenvalue weighted by Gasteiger charge is -2.08. The number of hydrogen-bond donors (Lipinski definition) is 1. The number of oxazole rings is 1. The standard InChI is InChI=1S/C12H18N2O/c1-7(13-2)12-14-6-11(15-12)10-4-8-3-9(8)5-10/h6-10,13H,3-5H2,1-2H3. The van der Waals surface area contributed by atoms with Crippen molar-refractivity contribution in [2.45, 2.75) is 38.1 Å². The van der Waals surface area contributed by atoms with E-state index in [1.54, 1.807) is 0 Å². The van der Waals surface area contributed by atoms with E-state index in [-0.39, 0.29) is 6.04 Å². The van der Waals surface area contributed by atoms with Crippen LogP contribution < -0.4 is 5.32 Å². The molecule has 0 aliphatic heterocycles. The lowest BCUT2D eigenvalue weighted by atomic mass is 10.0. The quantitative estimate of drug-likeness (QED) is 0.825. The van der Waals surface area contributed by atoms with Crippen molar-refractivity contribution < 1.29 is 4.42 Å². The summed E-state index contributed by atoms with van der Waals surface area (Å²) in [6.45, 7) is 2.07. The fourth-order valence-electron chi connectivity index (χ4n) is 2.76. The second-order valence-corrected chi connectivity index (χ2v) is 5.04. The summed E-state index contributed by atoms with van der Waals surface area (Å²) < 4.78 is 5.82. The van der Waals surface area contributed by atoms with Crippen molar-refractivity contribution in [1.29, 1.82) is 0 Å². The number of rotatable bonds is 3. The molecule has 0 radical (unpaired) electrons. The van der Waals surface area contributed by atoms with Gasteiger partial charge in [-0.15, -0.1) is 0 Å². The molecule has 15 heavy (non-hydrogen) atoms. The summed E-state index contributed by atoms with van der Waals surface area (Å²) in [4.78, 5) is 4.34. The van der Waals surface area contributed by atoms with Crippen LogP contribution in [-0.2, 0) is 0 Å². The van der Waals surface area contributed by atoms with E-state index >= 15 is 0 Å². The summed E-state index contributed by atoms with van der Waals surface area (Å²) >= 11 is 0. The van der Waals surface area contributed by atoms with Gasteiger partial charge in [0.15, 0.2) is 0 Å². The summed E-state index contributed by atoms with van der Waals surface area (Å²) in [5.41, 5.74) is 0. The summed E-state index contributed by atoms with van der Waals surface area (Å²) in [7, 11) is 1.93. The molecule has 1 aromatic heterocycles. The lowest BCUT2D eigenvalue weighted by molar-refractivity contribution is 0.380. The molecule has 2 aliphatic rings. The molecule has 1 N–H and O–H groups in total. The maximum Gasteiger partial charge on any atom is 0.211 e. The fourth-order valence-corrected chi connectivity index (χ4v) is 2.76. The fraction of sp³-hybridized carbons (Fsp3) is 0.750. The molecular weight excluding hydrogens is 188 g/mol. The average Bonchev–Trinajstić information content (AvgIpc) is 2.75. The normalized spacial score (nSPS) is 35.2. The Bertz CT molecular complexity index is 350. The van der Waals surface area contributed by atoms with Crippen LogP contribution in [0.1, 0.15) is 49.8 Å². The minimum Gasteiger partial charge on any atom is -0.444 e. The zero-order valence-corrected chi connectivity index (χ0v) is 9.36. The van der Waals surface area contributed by atoms with Gasteiger partial charge in [-0.2, -0.15) is 0 Å². The van der Waals surface area contributed by atoms with Gasteiger partial charge in [0.2, 0.25) is 5.89 Å². The first-order valence-electron chi connectivity index (χ1n) is 5.90. The summed E-state index contributed by atoms with van der Waals surface area (Å²) in [5, 5.41) is 3.15. The van der Waals surface area contributed by atoms with Crippen LogP contribution in [0.15, 0.2) is 10.6 Å². The highest BCUT2D eigenvalue weighted by Crippen LogP contribution is 2.57. The van der Waals surface area contributed by atoms with Crippen LogP contribution in [0.3, 0.4) is 0 Å². The summed E-state index contributed by atoms with van der Waals surface area (Å²) in [5.74, 6) is 4.60. The second-order valence-electron chi connectivity index (χ2n) is 5.04. The van der Waals surface area contributed by atoms with E-state index in [4.69, 9.17) is 4.42 Å². The van der Waals surface area contributed by atoms with E-state index in [1.165, 1.54) is 19.3 Å². The van der Waals surface area contributed by atoms with Gasteiger partial charge in [-0.05, 0) is 45.1 Å². The van der Waals surface area contributed by atoms with Crippen LogP contribution in [0.25, 0.3) is 0 Å². The van der Waals surface area contributed by atoms with Gasteiger partial charge in [-0.25, -0.2) is 4.98 Å². The van der Waals surface area contributed by atoms with Gasteiger partial charge in [0, 0.05) is 5.92 Å². The van der Waals surface area contributed by atoms with Crippen molar-refractivity contribution in [3.63, 3.8) is 0 Å². The Kier molecular flexibility index (Phi) is 2.09. The van der Waals surface area contributed by atoms with E-state index in [1.807, 2.05) is 13.2 Å². The van der Waals surface area contributed by atoms with Crippen LogP contribution in [0, 0.1) is 11.8 Å². The van der Waals surface area contributed by atoms with Crippen LogP contribution in [0.4, 0.5) is 0 Å². The molecular formula is C12H18N2O. The molecule has 2 saturated carbocycles. The zero-order valence-electron chi connectivity index (χ0n) is 9.36. The number of nitrogens with zero attached hydrogens (tertiary/aromatic N) is 1. The lowest BCUT2D eigenvalue weighted by Crippen LogP contribution is -2.12. The molecule has 82 valence electrons. The monoisotopic (exact) mass is 206 g/mol. The molecule has 3 nitrogen and oxygen atoms in total. The van der Waals surface area contributed by atoms with Gasteiger partial charge in [0.25, 0.3) is 0 Å². The SMILES string of the molecule is CNC(C)c1ncc(C2CC3CC3C2)o1. The topological polar surface area (TPSA) is 38.1 Å². The maximum atomic E-state index is 5.82. The van der Waals surface area contributed by atoms with Crippen molar-refractivity contribution in [3.05, 3.63) is 17.8 Å². The Labute approximate surface area is 90.3 Å². The average molecular weight is 206 g/mol. The van der Waals surface area contributed by atoms with Gasteiger partial charge in [0.1, 0.15) is 5.76 Å². The van der Waals surface area contributed by atoms with Crippen LogP contribution >= 0.6 is 0 Å². The molecule has 1 aromatic rings. The first-order chi connectivity index (χ1) is 7.28. The highest BCUT2D eigenvalue weighted by atomic mass is 16.4. The van der Waals surface area contributed by atoms with Gasteiger partial charge < -0.3 is 9.73 Å². The third kappa shape index (κ3) is 1.59. The highest BCUT2D eigenvalue weighted by Gasteiger charge is 2.47. The molecule has 1 heterocycles. The Hall–Kier alpha value is -0.830. The van der Waals surface area contributed by atoms with Gasteiger partial charge >= 0.3 is 0 Å². The molecule has 0 bridgehead atoms. The third-order valence-corrected chi connectivity index (χ3v) is 3.99. The Morgan fingerprint density at radius 1 is 1.40 bits per heavy atom. The first-order valence-corrected chi connectivity index (χ1v) is 5.90. The highest BCUT2D eigenvalue weighted by molar-refractivity contribution is 5.11. The number of hydrogen-bond acceptors (Lipinski definition) is 3. The Morgan fingerprint density at radius 3 is 2.80 bits per heavy atom. The van der Waals surface area contributed by atoms with Crippen molar-refractivity contribution in [1.82, 2.24) is 10.3 Å². The second kappa shape index (κ2) is 3.34. The van der Waals surface area contributed by atoms with Gasteiger partial charge in [-0.1, -0.05) is 0 Å². The molecule has 0 amide bonds. The van der Waals surface area contributed by atoms with Crippen molar-refractivity contribution in [2.24, 2.45) is 11.8 Å². The molecule has 0 spiro atoms. The Balaban J connectivity index is 1.73. The third-order valence-electron chi connectivity index (χ3n) is 3.99. The van der Waals surface area contributed by atoms with E-state index in [0.717, 1.165) is 23.5 Å². The molecule has 3 heteroatoms. The molecule has 2 aliphatic carbocycles. The number of fused-ring (bicyclic) bond motifs is 1. The van der Waals surface area contributed by atoms with E-state index in [9.17, 15) is 0 Å². The van der Waals surface area contributed by atoms with Crippen LogP contribution in [0.2, 0.25) is 0 Å². The smallest absolute Gasteiger partial charge is 0.211 e. The maximum absolute atomic E-state index is 5.82. The number of aromatic nitrogens is 1. The van der Waals surface area contributed by atoms with Crippen molar-refractivity contribution in [3.8, 4) is 0 Å². The summed E-state index contributed by atoms with van der Waals surface area (Å²) in [6, 6.07) is 0.217. The van der Waals surface area contributed by atoms with E-state index < -0.39 is 0 Å². The van der Waals surface area contributed by atoms with Crippen molar-refractivity contribution in [2.75, 3.05) is 7.05 Å². The molecule has 0 saturated heterocycles. The predicted octanol–water partition coefficient (Wildman–Crippen LogP) is 2.47.